The van der Waals surface area contributed by atoms with Crippen LogP contribution in [0, 0.1) is 0 Å². The number of primary amides is 2. The Morgan fingerprint density at radius 3 is 2.11 bits per heavy atom. The van der Waals surface area contributed by atoms with Gasteiger partial charge in [0.05, 0.1) is 25.5 Å². The summed E-state index contributed by atoms with van der Waals surface area (Å²) in [6.07, 6.45) is -0.00184. The van der Waals surface area contributed by atoms with E-state index in [0.717, 1.165) is 0 Å². The van der Waals surface area contributed by atoms with Crippen LogP contribution in [0.4, 0.5) is 0 Å². The average molecular weight is 295 g/mol. The Kier molecular flexibility index (Phi) is 8.58. The summed E-state index contributed by atoms with van der Waals surface area (Å²) in [5.74, 6) is -1.19. The molecule has 0 aromatic heterocycles. The molecule has 1 atom stereocenters. The van der Waals surface area contributed by atoms with Gasteiger partial charge in [0.15, 0.2) is 0 Å². The van der Waals surface area contributed by atoms with Gasteiger partial charge in [-0.1, -0.05) is 0 Å². The van der Waals surface area contributed by atoms with E-state index in [-0.39, 0.29) is 32.3 Å². The van der Waals surface area contributed by atoms with E-state index in [1.807, 2.05) is 0 Å². The summed E-state index contributed by atoms with van der Waals surface area (Å²) in [4.78, 5) is 21.9. The lowest BCUT2D eigenvalue weighted by atomic mass is 10.1. The molecule has 8 nitrogen and oxygen atoms in total. The molecule has 0 radical (unpaired) electrons. The Labute approximate surface area is 112 Å². The number of rotatable bonds is 11. The molecule has 0 saturated carbocycles. The van der Waals surface area contributed by atoms with Crippen LogP contribution in [0.2, 0.25) is 0 Å². The van der Waals surface area contributed by atoms with E-state index in [4.69, 9.17) is 20.5 Å². The summed E-state index contributed by atoms with van der Waals surface area (Å²) >= 11 is 0. The fourth-order valence-corrected chi connectivity index (χ4v) is 2.86. The van der Waals surface area contributed by atoms with Crippen molar-refractivity contribution < 1.29 is 23.2 Å². The van der Waals surface area contributed by atoms with Gasteiger partial charge in [-0.2, -0.15) is 0 Å². The summed E-state index contributed by atoms with van der Waals surface area (Å²) in [5.41, 5.74) is 10.2. The van der Waals surface area contributed by atoms with Gasteiger partial charge in [0.25, 0.3) is 0 Å². The predicted molar refractivity (Wildman–Crippen MR) is 70.3 cm³/mol. The second-order valence-electron chi connectivity index (χ2n) is 3.77. The molecule has 2 amide bonds. The van der Waals surface area contributed by atoms with Crippen LogP contribution < -0.4 is 16.8 Å². The number of amides is 2. The fourth-order valence-electron chi connectivity index (χ4n) is 1.38. The molecule has 0 fully saturated rings. The highest BCUT2D eigenvalue weighted by Crippen LogP contribution is 2.46. The highest BCUT2D eigenvalue weighted by atomic mass is 31.2. The summed E-state index contributed by atoms with van der Waals surface area (Å²) in [7, 11) is -3.30. The molecule has 0 aliphatic rings. The maximum absolute atomic E-state index is 12.1. The van der Waals surface area contributed by atoms with Gasteiger partial charge in [-0.05, 0) is 20.3 Å². The molecule has 0 aliphatic carbocycles. The minimum atomic E-state index is -3.30. The van der Waals surface area contributed by atoms with Crippen LogP contribution in [-0.4, -0.2) is 37.4 Å². The van der Waals surface area contributed by atoms with E-state index in [1.165, 1.54) is 0 Å². The van der Waals surface area contributed by atoms with Gasteiger partial charge >= 0.3 is 7.60 Å². The lowest BCUT2D eigenvalue weighted by Gasteiger charge is -2.20. The largest absolute Gasteiger partial charge is 0.370 e. The van der Waals surface area contributed by atoms with Crippen molar-refractivity contribution in [2.75, 3.05) is 19.5 Å². The maximum Gasteiger partial charge on any atom is 0.344 e. The average Bonchev–Trinajstić information content (AvgIpc) is 2.28. The Morgan fingerprint density at radius 1 is 1.21 bits per heavy atom. The quantitative estimate of drug-likeness (QED) is 0.456. The highest BCUT2D eigenvalue weighted by molar-refractivity contribution is 7.53. The second kappa shape index (κ2) is 9.03. The lowest BCUT2D eigenvalue weighted by Crippen LogP contribution is -2.42. The van der Waals surface area contributed by atoms with Crippen molar-refractivity contribution in [1.82, 2.24) is 5.32 Å². The Hall–Kier alpha value is -0.950. The molecule has 0 saturated heterocycles. The van der Waals surface area contributed by atoms with Gasteiger partial charge in [0.2, 0.25) is 11.8 Å². The third-order valence-corrected chi connectivity index (χ3v) is 4.08. The molecular weight excluding hydrogens is 273 g/mol. The van der Waals surface area contributed by atoms with Crippen LogP contribution in [0.3, 0.4) is 0 Å². The van der Waals surface area contributed by atoms with Crippen molar-refractivity contribution in [3.05, 3.63) is 0 Å². The van der Waals surface area contributed by atoms with E-state index in [2.05, 4.69) is 5.32 Å². The minimum absolute atomic E-state index is 0.00811. The van der Waals surface area contributed by atoms with Crippen LogP contribution in [0.5, 0.6) is 0 Å². The number of carbonyl (C=O) groups is 2. The third-order valence-electron chi connectivity index (χ3n) is 2.21. The van der Waals surface area contributed by atoms with Gasteiger partial charge in [-0.3, -0.25) is 19.5 Å². The summed E-state index contributed by atoms with van der Waals surface area (Å²) in [6, 6.07) is -0.804. The van der Waals surface area contributed by atoms with Crippen LogP contribution in [0.1, 0.15) is 26.7 Å². The molecule has 0 bridgehead atoms. The first-order valence-electron chi connectivity index (χ1n) is 6.03. The minimum Gasteiger partial charge on any atom is -0.370 e. The molecule has 0 aliphatic heterocycles. The van der Waals surface area contributed by atoms with Crippen molar-refractivity contribution in [2.45, 2.75) is 32.7 Å². The summed E-state index contributed by atoms with van der Waals surface area (Å²) in [6.45, 7) is 3.82. The van der Waals surface area contributed by atoms with E-state index < -0.39 is 25.5 Å². The van der Waals surface area contributed by atoms with Crippen LogP contribution in [0.15, 0.2) is 0 Å². The highest BCUT2D eigenvalue weighted by Gasteiger charge is 2.26. The third kappa shape index (κ3) is 7.94. The molecule has 5 N–H and O–H groups in total. The molecule has 0 heterocycles. The monoisotopic (exact) mass is 295 g/mol. The maximum atomic E-state index is 12.1. The first-order valence-corrected chi connectivity index (χ1v) is 7.76. The molecule has 0 spiro atoms. The van der Waals surface area contributed by atoms with Crippen molar-refractivity contribution in [1.29, 1.82) is 0 Å². The summed E-state index contributed by atoms with van der Waals surface area (Å²) < 4.78 is 22.2. The first kappa shape index (κ1) is 18.0. The smallest absolute Gasteiger partial charge is 0.344 e. The predicted octanol–water partition coefficient (Wildman–Crippen LogP) is -0.0810. The van der Waals surface area contributed by atoms with Crippen molar-refractivity contribution in [3.8, 4) is 0 Å². The molecule has 9 heteroatoms. The molecular formula is C10H22N3O5P. The Morgan fingerprint density at radius 2 is 1.74 bits per heavy atom. The second-order valence-corrected chi connectivity index (χ2v) is 5.82. The van der Waals surface area contributed by atoms with Gasteiger partial charge in [0, 0.05) is 6.42 Å². The normalized spacial score (nSPS) is 13.2. The number of carbonyl (C=O) groups excluding carboxylic acids is 2. The van der Waals surface area contributed by atoms with E-state index in [1.54, 1.807) is 13.8 Å². The van der Waals surface area contributed by atoms with Crippen molar-refractivity contribution >= 4 is 19.4 Å². The van der Waals surface area contributed by atoms with Crippen molar-refractivity contribution in [2.24, 2.45) is 11.5 Å². The summed E-state index contributed by atoms with van der Waals surface area (Å²) in [5, 5.41) is 2.69. The zero-order chi connectivity index (χ0) is 14.9. The van der Waals surface area contributed by atoms with Crippen LogP contribution >= 0.6 is 7.60 Å². The lowest BCUT2D eigenvalue weighted by molar-refractivity contribution is -0.120. The van der Waals surface area contributed by atoms with Gasteiger partial charge in [0.1, 0.15) is 0 Å². The number of nitrogens with two attached hydrogens (primary N) is 2. The van der Waals surface area contributed by atoms with Gasteiger partial charge in [-0.25, -0.2) is 0 Å². The standard InChI is InChI=1S/C10H22N3O5P/c1-3-17-19(16,18-4-2)7-13-8(10(12)15)5-6-9(11)14/h8,13H,3-7H2,1-2H3,(H2,11,14)(H2,12,15)/t8-/m0/s1. The van der Waals surface area contributed by atoms with Gasteiger partial charge < -0.3 is 20.5 Å². The molecule has 112 valence electrons. The fraction of sp³-hybridized carbons (Fsp3) is 0.800. The molecule has 19 heavy (non-hydrogen) atoms. The molecule has 0 aromatic carbocycles. The topological polar surface area (TPSA) is 134 Å². The van der Waals surface area contributed by atoms with Crippen molar-refractivity contribution in [3.63, 3.8) is 0 Å². The molecule has 0 unspecified atom stereocenters. The van der Waals surface area contributed by atoms with E-state index >= 15 is 0 Å². The zero-order valence-corrected chi connectivity index (χ0v) is 12.2. The SMILES string of the molecule is CCOP(=O)(CN[C@@H](CCC(N)=O)C(N)=O)OCC. The molecule has 0 rings (SSSR count). The molecule has 0 aromatic rings. The van der Waals surface area contributed by atoms with E-state index in [9.17, 15) is 14.2 Å². The van der Waals surface area contributed by atoms with Crippen LogP contribution in [-0.2, 0) is 23.2 Å². The van der Waals surface area contributed by atoms with Gasteiger partial charge in [-0.15, -0.1) is 0 Å². The van der Waals surface area contributed by atoms with E-state index in [0.29, 0.717) is 0 Å². The zero-order valence-electron chi connectivity index (χ0n) is 11.3. The number of hydrogen-bond acceptors (Lipinski definition) is 6. The Balaban J connectivity index is 4.46. The number of nitrogens with one attached hydrogen (secondary N) is 1. The number of hydrogen-bond donors (Lipinski definition) is 3. The first-order chi connectivity index (χ1) is 8.84. The Bertz CT molecular complexity index is 340. The van der Waals surface area contributed by atoms with Crippen LogP contribution in [0.25, 0.3) is 0 Å².